The van der Waals surface area contributed by atoms with Gasteiger partial charge in [-0.05, 0) is 37.0 Å². The Bertz CT molecular complexity index is 583. The number of ether oxygens (including phenoxy) is 2. The summed E-state index contributed by atoms with van der Waals surface area (Å²) in [4.78, 5) is 0. The summed E-state index contributed by atoms with van der Waals surface area (Å²) < 4.78 is 37.6. The Morgan fingerprint density at radius 1 is 1.30 bits per heavy atom. The molecule has 2 rings (SSSR count). The van der Waals surface area contributed by atoms with Crippen molar-refractivity contribution < 1.29 is 17.9 Å². The molecule has 2 unspecified atom stereocenters. The van der Waals surface area contributed by atoms with E-state index in [4.69, 9.17) is 9.47 Å². The molecule has 1 N–H and O–H groups in total. The lowest BCUT2D eigenvalue weighted by Crippen LogP contribution is -2.48. The van der Waals surface area contributed by atoms with Gasteiger partial charge in [0.25, 0.3) is 0 Å². The molecule has 1 aromatic carbocycles. The second-order valence-corrected chi connectivity index (χ2v) is 8.33. The molecule has 1 heterocycles. The average Bonchev–Trinajstić information content (AvgIpc) is 2.54. The van der Waals surface area contributed by atoms with E-state index in [1.165, 1.54) is 5.56 Å². The Hall–Kier alpha value is -1.11. The van der Waals surface area contributed by atoms with Crippen LogP contribution in [0.25, 0.3) is 0 Å². The topological polar surface area (TPSA) is 64.6 Å². The molecule has 0 saturated carbocycles. The Morgan fingerprint density at radius 3 is 2.61 bits per heavy atom. The van der Waals surface area contributed by atoms with Crippen LogP contribution < -0.4 is 9.46 Å². The summed E-state index contributed by atoms with van der Waals surface area (Å²) in [6, 6.07) is 7.87. The fraction of sp³-hybridized carbons (Fsp3) is 0.647. The molecule has 1 saturated heterocycles. The first kappa shape index (κ1) is 18.2. The van der Waals surface area contributed by atoms with Crippen LogP contribution in [0.2, 0.25) is 0 Å². The van der Waals surface area contributed by atoms with E-state index < -0.39 is 10.0 Å². The molecule has 0 radical (unpaired) electrons. The number of benzene rings is 1. The van der Waals surface area contributed by atoms with Crippen molar-refractivity contribution in [2.45, 2.75) is 39.2 Å². The maximum absolute atomic E-state index is 11.8. The smallest absolute Gasteiger partial charge is 0.211 e. The summed E-state index contributed by atoms with van der Waals surface area (Å²) in [6.07, 6.45) is 0.793. The van der Waals surface area contributed by atoms with Crippen LogP contribution in [0.5, 0.6) is 5.75 Å². The van der Waals surface area contributed by atoms with Crippen molar-refractivity contribution in [2.75, 3.05) is 25.6 Å². The van der Waals surface area contributed by atoms with Crippen LogP contribution in [-0.2, 0) is 14.8 Å². The lowest BCUT2D eigenvalue weighted by Gasteiger charge is -2.31. The number of hydrogen-bond donors (Lipinski definition) is 1. The molecule has 1 fully saturated rings. The third-order valence-electron chi connectivity index (χ3n) is 4.22. The summed E-state index contributed by atoms with van der Waals surface area (Å²) in [6.45, 7) is 7.48. The second kappa shape index (κ2) is 8.13. The highest BCUT2D eigenvalue weighted by Gasteiger charge is 2.29. The van der Waals surface area contributed by atoms with E-state index in [2.05, 4.69) is 30.7 Å². The molecule has 1 aliphatic rings. The fourth-order valence-electron chi connectivity index (χ4n) is 2.58. The van der Waals surface area contributed by atoms with Gasteiger partial charge in [-0.2, -0.15) is 0 Å². The van der Waals surface area contributed by atoms with Gasteiger partial charge in [-0.1, -0.05) is 26.0 Å². The Labute approximate surface area is 139 Å². The van der Waals surface area contributed by atoms with Gasteiger partial charge in [0, 0.05) is 12.5 Å². The van der Waals surface area contributed by atoms with E-state index in [1.54, 1.807) is 6.92 Å². The van der Waals surface area contributed by atoms with Crippen LogP contribution in [0, 0.1) is 5.92 Å². The first-order chi connectivity index (χ1) is 10.9. The van der Waals surface area contributed by atoms with Crippen LogP contribution in [0.3, 0.4) is 0 Å². The zero-order valence-electron chi connectivity index (χ0n) is 14.1. The Morgan fingerprint density at radius 2 is 2.00 bits per heavy atom. The van der Waals surface area contributed by atoms with Gasteiger partial charge in [-0.3, -0.25) is 0 Å². The predicted octanol–water partition coefficient (Wildman–Crippen LogP) is 2.53. The molecule has 2 atom stereocenters. The van der Waals surface area contributed by atoms with Crippen LogP contribution >= 0.6 is 0 Å². The van der Waals surface area contributed by atoms with Crippen molar-refractivity contribution in [3.63, 3.8) is 0 Å². The van der Waals surface area contributed by atoms with Crippen molar-refractivity contribution in [3.05, 3.63) is 29.8 Å². The van der Waals surface area contributed by atoms with Crippen LogP contribution in [0.15, 0.2) is 24.3 Å². The van der Waals surface area contributed by atoms with Gasteiger partial charge >= 0.3 is 0 Å². The van der Waals surface area contributed by atoms with Gasteiger partial charge in [0.1, 0.15) is 5.75 Å². The summed E-state index contributed by atoms with van der Waals surface area (Å²) in [5.41, 5.74) is 1.27. The zero-order valence-corrected chi connectivity index (χ0v) is 14.9. The highest BCUT2D eigenvalue weighted by molar-refractivity contribution is 7.89. The maximum atomic E-state index is 11.8. The van der Waals surface area contributed by atoms with E-state index in [0.29, 0.717) is 25.7 Å². The van der Waals surface area contributed by atoms with Crippen molar-refractivity contribution in [2.24, 2.45) is 5.92 Å². The molecule has 0 aliphatic carbocycles. The first-order valence-electron chi connectivity index (χ1n) is 8.21. The first-order valence-corrected chi connectivity index (χ1v) is 9.87. The third kappa shape index (κ3) is 5.48. The van der Waals surface area contributed by atoms with Crippen molar-refractivity contribution in [1.29, 1.82) is 0 Å². The SMILES string of the molecule is CCS(=O)(=O)NC1COCCC1COc1ccc(C(C)C)cc1. The molecule has 1 aromatic rings. The quantitative estimate of drug-likeness (QED) is 0.828. The molecule has 23 heavy (non-hydrogen) atoms. The number of hydrogen-bond acceptors (Lipinski definition) is 4. The van der Waals surface area contributed by atoms with E-state index in [-0.39, 0.29) is 17.7 Å². The molecule has 0 spiro atoms. The van der Waals surface area contributed by atoms with E-state index >= 15 is 0 Å². The van der Waals surface area contributed by atoms with Gasteiger partial charge in [0.2, 0.25) is 10.0 Å². The highest BCUT2D eigenvalue weighted by Crippen LogP contribution is 2.21. The number of rotatable bonds is 7. The second-order valence-electron chi connectivity index (χ2n) is 6.29. The molecule has 130 valence electrons. The number of nitrogens with one attached hydrogen (secondary N) is 1. The predicted molar refractivity (Wildman–Crippen MR) is 91.3 cm³/mol. The van der Waals surface area contributed by atoms with Gasteiger partial charge < -0.3 is 9.47 Å². The van der Waals surface area contributed by atoms with Gasteiger partial charge in [-0.25, -0.2) is 13.1 Å². The van der Waals surface area contributed by atoms with Crippen LogP contribution in [-0.4, -0.2) is 40.0 Å². The molecular weight excluding hydrogens is 314 g/mol. The Kier molecular flexibility index (Phi) is 6.44. The summed E-state index contributed by atoms with van der Waals surface area (Å²) in [5.74, 6) is 1.51. The van der Waals surface area contributed by atoms with Gasteiger partial charge in [-0.15, -0.1) is 0 Å². The summed E-state index contributed by atoms with van der Waals surface area (Å²) >= 11 is 0. The molecule has 1 aliphatic heterocycles. The standard InChI is InChI=1S/C17H27NO4S/c1-4-23(19,20)18-17-12-21-10-9-15(17)11-22-16-7-5-14(6-8-16)13(2)3/h5-8,13,15,17-18H,4,9-12H2,1-3H3. The maximum Gasteiger partial charge on any atom is 0.211 e. The number of sulfonamides is 1. The van der Waals surface area contributed by atoms with Gasteiger partial charge in [0.15, 0.2) is 0 Å². The minimum absolute atomic E-state index is 0.0771. The molecule has 0 aromatic heterocycles. The Balaban J connectivity index is 1.94. The van der Waals surface area contributed by atoms with Gasteiger partial charge in [0.05, 0.1) is 25.0 Å². The molecule has 6 heteroatoms. The molecule has 5 nitrogen and oxygen atoms in total. The average molecular weight is 341 g/mol. The zero-order chi connectivity index (χ0) is 16.9. The summed E-state index contributed by atoms with van der Waals surface area (Å²) in [7, 11) is -3.24. The van der Waals surface area contributed by atoms with Crippen LogP contribution in [0.4, 0.5) is 0 Å². The minimum Gasteiger partial charge on any atom is -0.493 e. The monoisotopic (exact) mass is 341 g/mol. The van der Waals surface area contributed by atoms with Crippen molar-refractivity contribution in [3.8, 4) is 5.75 Å². The normalized spacial score (nSPS) is 22.3. The lowest BCUT2D eigenvalue weighted by atomic mass is 9.97. The van der Waals surface area contributed by atoms with Crippen molar-refractivity contribution >= 4 is 10.0 Å². The van der Waals surface area contributed by atoms with Crippen LogP contribution in [0.1, 0.15) is 38.7 Å². The van der Waals surface area contributed by atoms with Crippen molar-refractivity contribution in [1.82, 2.24) is 4.72 Å². The molecule has 0 amide bonds. The summed E-state index contributed by atoms with van der Waals surface area (Å²) in [5, 5.41) is 0. The van der Waals surface area contributed by atoms with E-state index in [9.17, 15) is 8.42 Å². The van der Waals surface area contributed by atoms with E-state index in [0.717, 1.165) is 12.2 Å². The molecular formula is C17H27NO4S. The minimum atomic E-state index is -3.24. The van der Waals surface area contributed by atoms with E-state index in [1.807, 2.05) is 12.1 Å². The third-order valence-corrected chi connectivity index (χ3v) is 5.64. The molecule has 0 bridgehead atoms. The highest BCUT2D eigenvalue weighted by atomic mass is 32.2. The largest absolute Gasteiger partial charge is 0.493 e. The fourth-order valence-corrected chi connectivity index (χ4v) is 3.47. The lowest BCUT2D eigenvalue weighted by molar-refractivity contribution is 0.0274.